The molecule has 0 aliphatic heterocycles. The molecular weight excluding hydrogens is 599 g/mol. The SMILES string of the molecule is CCCCCCCCCCCCCC[C@@](C(=O)C(N)(CC)C(=O)O)(C(C)C)N(N)C(=O)CCC.NC(N)=O.O=C(O)C(F)(F)F. The Morgan fingerprint density at radius 3 is 1.33 bits per heavy atom. The van der Waals surface area contributed by atoms with Crippen LogP contribution in [0, 0.1) is 5.92 Å². The van der Waals surface area contributed by atoms with Crippen molar-refractivity contribution in [2.24, 2.45) is 29.0 Å². The van der Waals surface area contributed by atoms with Crippen LogP contribution in [0.5, 0.6) is 0 Å². The minimum atomic E-state index is -5.08. The molecule has 12 nitrogen and oxygen atoms in total. The van der Waals surface area contributed by atoms with Crippen molar-refractivity contribution in [2.45, 2.75) is 155 Å². The highest BCUT2D eigenvalue weighted by Crippen LogP contribution is 2.35. The van der Waals surface area contributed by atoms with Crippen molar-refractivity contribution in [3.05, 3.63) is 0 Å². The van der Waals surface area contributed by atoms with E-state index in [1.54, 1.807) is 6.92 Å². The molecule has 0 aromatic heterocycles. The standard InChI is InChI=1S/C27H53N3O4.C2HF3O2.CH4N2O/c1-6-9-10-11-12-13-14-15-16-17-18-19-21-27(22(4)5,30(29)23(31)20-7-2)24(32)26(28,8-3)25(33)34;3-2(4,5)1(6)7;2-1(3)4/h22H,6-21,28-29H2,1-5H3,(H,33,34);(H,6,7);(H4,2,3,4)/t26?,27-;;/m0../s1. The van der Waals surface area contributed by atoms with Gasteiger partial charge in [-0.1, -0.05) is 112 Å². The molecule has 1 unspecified atom stereocenters. The van der Waals surface area contributed by atoms with E-state index in [0.29, 0.717) is 19.3 Å². The molecule has 0 fully saturated rings. The molecule has 0 aromatic rings. The largest absolute Gasteiger partial charge is 0.490 e. The third-order valence-corrected chi connectivity index (χ3v) is 7.51. The molecule has 0 rings (SSSR count). The van der Waals surface area contributed by atoms with E-state index < -0.39 is 41.0 Å². The summed E-state index contributed by atoms with van der Waals surface area (Å²) in [5.74, 6) is 0.765. The van der Waals surface area contributed by atoms with Crippen LogP contribution in [0.2, 0.25) is 0 Å². The number of alkyl halides is 3. The molecule has 0 saturated heterocycles. The van der Waals surface area contributed by atoms with Gasteiger partial charge in [0.05, 0.1) is 0 Å². The first-order valence-electron chi connectivity index (χ1n) is 15.7. The number of ketones is 1. The van der Waals surface area contributed by atoms with Gasteiger partial charge < -0.3 is 27.4 Å². The van der Waals surface area contributed by atoms with Crippen molar-refractivity contribution in [1.82, 2.24) is 5.01 Å². The smallest absolute Gasteiger partial charge is 0.480 e. The highest BCUT2D eigenvalue weighted by molar-refractivity contribution is 6.12. The zero-order valence-electron chi connectivity index (χ0n) is 27.7. The number of urea groups is 1. The monoisotopic (exact) mass is 657 g/mol. The summed E-state index contributed by atoms with van der Waals surface area (Å²) >= 11 is 0. The fourth-order valence-corrected chi connectivity index (χ4v) is 4.76. The van der Waals surface area contributed by atoms with E-state index in [1.807, 2.05) is 20.8 Å². The predicted molar refractivity (Wildman–Crippen MR) is 167 cm³/mol. The van der Waals surface area contributed by atoms with Crippen LogP contribution in [0.3, 0.4) is 0 Å². The first-order chi connectivity index (χ1) is 20.7. The molecule has 0 saturated carbocycles. The molecule has 0 heterocycles. The molecule has 45 heavy (non-hydrogen) atoms. The first kappa shape index (κ1) is 46.5. The molecule has 15 heteroatoms. The molecule has 0 bridgehead atoms. The molecule has 0 aromatic carbocycles. The lowest BCUT2D eigenvalue weighted by Crippen LogP contribution is -2.72. The van der Waals surface area contributed by atoms with E-state index in [-0.39, 0.29) is 24.7 Å². The van der Waals surface area contributed by atoms with Crippen molar-refractivity contribution in [1.29, 1.82) is 0 Å². The van der Waals surface area contributed by atoms with Crippen LogP contribution in [0.25, 0.3) is 0 Å². The van der Waals surface area contributed by atoms with Gasteiger partial charge >= 0.3 is 24.1 Å². The second-order valence-electron chi connectivity index (χ2n) is 11.4. The number of nitrogens with zero attached hydrogens (tertiary/aromatic N) is 1. The third-order valence-electron chi connectivity index (χ3n) is 7.51. The number of hydrazine groups is 1. The van der Waals surface area contributed by atoms with E-state index in [4.69, 9.17) is 26.3 Å². The van der Waals surface area contributed by atoms with Crippen molar-refractivity contribution in [3.63, 3.8) is 0 Å². The summed E-state index contributed by atoms with van der Waals surface area (Å²) < 4.78 is 31.7. The number of Topliss-reactive ketones (excluding diaryl/α,β-unsaturated/α-hetero) is 1. The van der Waals surface area contributed by atoms with Gasteiger partial charge in [-0.25, -0.2) is 20.2 Å². The fourth-order valence-electron chi connectivity index (χ4n) is 4.76. The van der Waals surface area contributed by atoms with E-state index in [2.05, 4.69) is 18.4 Å². The van der Waals surface area contributed by atoms with Gasteiger partial charge in [0.1, 0.15) is 5.54 Å². The van der Waals surface area contributed by atoms with E-state index in [0.717, 1.165) is 24.3 Å². The average Bonchev–Trinajstić information content (AvgIpc) is 2.94. The molecule has 2 atom stereocenters. The molecule has 3 amide bonds. The van der Waals surface area contributed by atoms with Crippen LogP contribution < -0.4 is 23.0 Å². The van der Waals surface area contributed by atoms with Gasteiger partial charge in [-0.2, -0.15) is 13.2 Å². The summed E-state index contributed by atoms with van der Waals surface area (Å²) in [6.45, 7) is 9.31. The molecule has 0 aliphatic carbocycles. The summed E-state index contributed by atoms with van der Waals surface area (Å²) in [7, 11) is 0. The van der Waals surface area contributed by atoms with Crippen LogP contribution in [0.4, 0.5) is 18.0 Å². The van der Waals surface area contributed by atoms with Crippen LogP contribution in [0.1, 0.15) is 137 Å². The number of carboxylic acids is 2. The minimum Gasteiger partial charge on any atom is -0.480 e. The fraction of sp³-hybridized carbons (Fsp3) is 0.833. The number of hydrogen-bond acceptors (Lipinski definition) is 7. The molecule has 0 radical (unpaired) electrons. The number of carboxylic acid groups (broad SMARTS) is 2. The summed E-state index contributed by atoms with van der Waals surface area (Å²) in [6, 6.07) is -0.833. The van der Waals surface area contributed by atoms with Gasteiger partial charge in [-0.15, -0.1) is 0 Å². The van der Waals surface area contributed by atoms with Gasteiger partial charge in [0.2, 0.25) is 5.91 Å². The number of unbranched alkanes of at least 4 members (excludes halogenated alkanes) is 11. The molecular formula is C30H58F3N5O7. The van der Waals surface area contributed by atoms with Gasteiger partial charge in [-0.05, 0) is 25.2 Å². The van der Waals surface area contributed by atoms with Crippen molar-refractivity contribution in [3.8, 4) is 0 Å². The highest BCUT2D eigenvalue weighted by Gasteiger charge is 2.56. The lowest BCUT2D eigenvalue weighted by atomic mass is 9.70. The van der Waals surface area contributed by atoms with Crippen molar-refractivity contribution >= 4 is 29.7 Å². The normalized spacial score (nSPS) is 13.7. The van der Waals surface area contributed by atoms with Crippen LogP contribution >= 0.6 is 0 Å². The van der Waals surface area contributed by atoms with Crippen LogP contribution in [-0.2, 0) is 19.2 Å². The number of rotatable bonds is 21. The Kier molecular flexibility index (Phi) is 25.1. The number of primary amides is 2. The number of nitrogens with two attached hydrogens (primary N) is 4. The van der Waals surface area contributed by atoms with Crippen LogP contribution in [0.15, 0.2) is 0 Å². The average molecular weight is 658 g/mol. The van der Waals surface area contributed by atoms with E-state index in [1.165, 1.54) is 51.4 Å². The topological polar surface area (TPSA) is 233 Å². The van der Waals surface area contributed by atoms with Crippen LogP contribution in [-0.4, -0.2) is 62.1 Å². The number of hydrogen-bond donors (Lipinski definition) is 6. The molecule has 0 aliphatic rings. The third kappa shape index (κ3) is 18.6. The summed E-state index contributed by atoms with van der Waals surface area (Å²) in [5.41, 5.74) is 11.1. The maximum absolute atomic E-state index is 13.7. The predicted octanol–water partition coefficient (Wildman–Crippen LogP) is 5.39. The first-order valence-corrected chi connectivity index (χ1v) is 15.7. The van der Waals surface area contributed by atoms with Crippen molar-refractivity contribution in [2.75, 3.05) is 0 Å². The summed E-state index contributed by atoms with van der Waals surface area (Å²) in [6.07, 6.45) is 10.1. The number of carbonyl (C=O) groups is 5. The Morgan fingerprint density at radius 2 is 1.07 bits per heavy atom. The number of halogens is 3. The summed E-state index contributed by atoms with van der Waals surface area (Å²) in [4.78, 5) is 56.3. The molecule has 266 valence electrons. The van der Waals surface area contributed by atoms with Crippen molar-refractivity contribution < 1.29 is 47.4 Å². The number of carbonyl (C=O) groups excluding carboxylic acids is 3. The Labute approximate surface area is 265 Å². The highest BCUT2D eigenvalue weighted by atomic mass is 19.4. The Hall–Kier alpha value is -2.94. The second kappa shape index (κ2) is 24.3. The maximum atomic E-state index is 13.7. The Balaban J connectivity index is -0.00000136. The van der Waals surface area contributed by atoms with Gasteiger partial charge in [0.25, 0.3) is 0 Å². The lowest BCUT2D eigenvalue weighted by Gasteiger charge is -2.46. The number of amides is 3. The Bertz CT molecular complexity index is 887. The maximum Gasteiger partial charge on any atom is 0.490 e. The van der Waals surface area contributed by atoms with E-state index >= 15 is 0 Å². The zero-order chi connectivity index (χ0) is 35.9. The zero-order valence-corrected chi connectivity index (χ0v) is 27.7. The second-order valence-corrected chi connectivity index (χ2v) is 11.4. The van der Waals surface area contributed by atoms with E-state index in [9.17, 15) is 32.7 Å². The summed E-state index contributed by atoms with van der Waals surface area (Å²) in [5, 5.41) is 17.9. The minimum absolute atomic E-state index is 0.0656. The van der Waals surface area contributed by atoms with Gasteiger partial charge in [0.15, 0.2) is 11.3 Å². The Morgan fingerprint density at radius 1 is 0.711 bits per heavy atom. The van der Waals surface area contributed by atoms with Gasteiger partial charge in [-0.3, -0.25) is 14.6 Å². The molecule has 0 spiro atoms. The number of aliphatic carboxylic acids is 2. The quantitative estimate of drug-likeness (QED) is 0.0305. The molecule has 10 N–H and O–H groups in total. The lowest BCUT2D eigenvalue weighted by molar-refractivity contribution is -0.192. The van der Waals surface area contributed by atoms with Gasteiger partial charge in [0, 0.05) is 6.42 Å².